The van der Waals surface area contributed by atoms with Gasteiger partial charge < -0.3 is 15.2 Å². The van der Waals surface area contributed by atoms with Crippen LogP contribution in [-0.4, -0.2) is 42.0 Å². The number of hydrogen-bond donors (Lipinski definition) is 2. The highest BCUT2D eigenvalue weighted by molar-refractivity contribution is 5.92. The van der Waals surface area contributed by atoms with E-state index in [4.69, 9.17) is 0 Å². The van der Waals surface area contributed by atoms with Crippen molar-refractivity contribution in [2.75, 3.05) is 26.2 Å². The fraction of sp³-hybridized carbons (Fsp3) is 0.571. The number of nitrogens with zero attached hydrogens (tertiary/aromatic N) is 1. The second-order valence-corrected chi connectivity index (χ2v) is 4.97. The number of aromatic amines is 1. The summed E-state index contributed by atoms with van der Waals surface area (Å²) in [6.45, 7) is 5.46. The molecule has 1 saturated heterocycles. The van der Waals surface area contributed by atoms with E-state index in [1.807, 2.05) is 11.8 Å². The number of amides is 1. The van der Waals surface area contributed by atoms with Gasteiger partial charge in [-0.05, 0) is 44.8 Å². The summed E-state index contributed by atoms with van der Waals surface area (Å²) in [5, 5.41) is 3.32. The molecule has 0 unspecified atom stereocenters. The van der Waals surface area contributed by atoms with Crippen LogP contribution in [0.2, 0.25) is 0 Å². The van der Waals surface area contributed by atoms with E-state index >= 15 is 0 Å². The van der Waals surface area contributed by atoms with Crippen LogP contribution in [-0.2, 0) is 0 Å². The van der Waals surface area contributed by atoms with Crippen molar-refractivity contribution in [2.45, 2.75) is 19.8 Å². The summed E-state index contributed by atoms with van der Waals surface area (Å²) in [5.41, 5.74) is 0.145. The first-order chi connectivity index (χ1) is 9.20. The zero-order valence-corrected chi connectivity index (χ0v) is 11.3. The zero-order valence-electron chi connectivity index (χ0n) is 11.3. The lowest BCUT2D eigenvalue weighted by Gasteiger charge is -2.29. The highest BCUT2D eigenvalue weighted by Crippen LogP contribution is 2.14. The van der Waals surface area contributed by atoms with Crippen LogP contribution in [0.5, 0.6) is 0 Å². The molecule has 2 heterocycles. The maximum absolute atomic E-state index is 12.3. The van der Waals surface area contributed by atoms with Crippen LogP contribution >= 0.6 is 0 Å². The van der Waals surface area contributed by atoms with Gasteiger partial charge >= 0.3 is 0 Å². The Morgan fingerprint density at radius 1 is 1.37 bits per heavy atom. The number of H-pyrrole nitrogens is 1. The molecular weight excluding hydrogens is 242 g/mol. The van der Waals surface area contributed by atoms with Crippen molar-refractivity contribution >= 4 is 5.91 Å². The molecule has 1 aliphatic heterocycles. The first-order valence-corrected chi connectivity index (χ1v) is 6.90. The summed E-state index contributed by atoms with van der Waals surface area (Å²) in [5.74, 6) is 0.472. The van der Waals surface area contributed by atoms with Crippen LogP contribution in [0.3, 0.4) is 0 Å². The van der Waals surface area contributed by atoms with Crippen molar-refractivity contribution in [1.82, 2.24) is 15.2 Å². The monoisotopic (exact) mass is 263 g/mol. The summed E-state index contributed by atoms with van der Waals surface area (Å²) >= 11 is 0. The van der Waals surface area contributed by atoms with Crippen LogP contribution in [0.15, 0.2) is 23.0 Å². The minimum atomic E-state index is -0.233. The molecule has 0 spiro atoms. The predicted molar refractivity (Wildman–Crippen MR) is 74.2 cm³/mol. The van der Waals surface area contributed by atoms with Gasteiger partial charge in [0.2, 0.25) is 5.56 Å². The summed E-state index contributed by atoms with van der Waals surface area (Å²) in [4.78, 5) is 28.0. The molecule has 2 N–H and O–H groups in total. The normalized spacial score (nSPS) is 16.3. The molecule has 0 aromatic carbocycles. The van der Waals surface area contributed by atoms with Gasteiger partial charge in [-0.15, -0.1) is 0 Å². The van der Waals surface area contributed by atoms with E-state index in [9.17, 15) is 9.59 Å². The topological polar surface area (TPSA) is 65.2 Å². The van der Waals surface area contributed by atoms with Gasteiger partial charge in [-0.1, -0.05) is 6.07 Å². The Labute approximate surface area is 113 Å². The second kappa shape index (κ2) is 6.52. The maximum atomic E-state index is 12.3. The molecule has 0 saturated carbocycles. The number of nitrogens with one attached hydrogen (secondary N) is 2. The summed E-state index contributed by atoms with van der Waals surface area (Å²) < 4.78 is 0. The number of aromatic nitrogens is 1. The Morgan fingerprint density at radius 2 is 2.11 bits per heavy atom. The number of rotatable bonds is 4. The van der Waals surface area contributed by atoms with Crippen molar-refractivity contribution in [1.29, 1.82) is 0 Å². The molecule has 1 aromatic rings. The van der Waals surface area contributed by atoms with E-state index in [1.54, 1.807) is 12.1 Å². The average molecular weight is 263 g/mol. The molecule has 0 bridgehead atoms. The van der Waals surface area contributed by atoms with Gasteiger partial charge in [0.15, 0.2) is 0 Å². The number of piperidine rings is 1. The third kappa shape index (κ3) is 3.67. The molecule has 5 nitrogen and oxygen atoms in total. The molecule has 1 amide bonds. The first-order valence-electron chi connectivity index (χ1n) is 6.90. The molecule has 5 heteroatoms. The Kier molecular flexibility index (Phi) is 4.74. The molecule has 1 fully saturated rings. The first kappa shape index (κ1) is 13.8. The second-order valence-electron chi connectivity index (χ2n) is 4.97. The van der Waals surface area contributed by atoms with Crippen LogP contribution in [0.25, 0.3) is 0 Å². The standard InChI is InChI=1S/C14H21N3O2/c1-2-17(10-11-6-8-15-9-7-11)14(19)12-4-3-5-13(18)16-12/h3-5,11,15H,2,6-10H2,1H3,(H,16,18). The molecule has 1 aromatic heterocycles. The van der Waals surface area contributed by atoms with Crippen LogP contribution < -0.4 is 10.9 Å². The lowest BCUT2D eigenvalue weighted by atomic mass is 9.97. The molecular formula is C14H21N3O2. The molecule has 0 aliphatic carbocycles. The fourth-order valence-corrected chi connectivity index (χ4v) is 2.47. The van der Waals surface area contributed by atoms with Gasteiger partial charge in [0.25, 0.3) is 5.91 Å². The fourth-order valence-electron chi connectivity index (χ4n) is 2.47. The van der Waals surface area contributed by atoms with Gasteiger partial charge in [0, 0.05) is 19.2 Å². The van der Waals surface area contributed by atoms with Crippen molar-refractivity contribution in [3.8, 4) is 0 Å². The van der Waals surface area contributed by atoms with Gasteiger partial charge in [-0.2, -0.15) is 0 Å². The number of carbonyl (C=O) groups is 1. The average Bonchev–Trinajstić information content (AvgIpc) is 2.45. The highest BCUT2D eigenvalue weighted by Gasteiger charge is 2.20. The third-order valence-corrected chi connectivity index (χ3v) is 3.61. The smallest absolute Gasteiger partial charge is 0.270 e. The quantitative estimate of drug-likeness (QED) is 0.846. The van der Waals surface area contributed by atoms with E-state index in [0.29, 0.717) is 18.2 Å². The predicted octanol–water partition coefficient (Wildman–Crippen LogP) is 0.837. The third-order valence-electron chi connectivity index (χ3n) is 3.61. The number of pyridine rings is 1. The van der Waals surface area contributed by atoms with Crippen molar-refractivity contribution < 1.29 is 4.79 Å². The van der Waals surface area contributed by atoms with Crippen LogP contribution in [0.4, 0.5) is 0 Å². The van der Waals surface area contributed by atoms with E-state index in [1.165, 1.54) is 6.07 Å². The summed E-state index contributed by atoms with van der Waals surface area (Å²) in [6.07, 6.45) is 2.21. The summed E-state index contributed by atoms with van der Waals surface area (Å²) in [7, 11) is 0. The Balaban J connectivity index is 2.04. The molecule has 0 atom stereocenters. The minimum Gasteiger partial charge on any atom is -0.337 e. The summed E-state index contributed by atoms with van der Waals surface area (Å²) in [6, 6.07) is 4.69. The van der Waals surface area contributed by atoms with Gasteiger partial charge in [0.1, 0.15) is 5.69 Å². The van der Waals surface area contributed by atoms with E-state index in [2.05, 4.69) is 10.3 Å². The largest absolute Gasteiger partial charge is 0.337 e. The Morgan fingerprint density at radius 3 is 2.74 bits per heavy atom. The lowest BCUT2D eigenvalue weighted by molar-refractivity contribution is 0.0720. The van der Waals surface area contributed by atoms with Crippen LogP contribution in [0.1, 0.15) is 30.3 Å². The SMILES string of the molecule is CCN(CC1CCNCC1)C(=O)c1cccc(=O)[nH]1. The van der Waals surface area contributed by atoms with E-state index < -0.39 is 0 Å². The van der Waals surface area contributed by atoms with Crippen LogP contribution in [0, 0.1) is 5.92 Å². The van der Waals surface area contributed by atoms with E-state index in [0.717, 1.165) is 32.5 Å². The van der Waals surface area contributed by atoms with Gasteiger partial charge in [0.05, 0.1) is 0 Å². The number of carbonyl (C=O) groups excluding carboxylic acids is 1. The maximum Gasteiger partial charge on any atom is 0.270 e. The molecule has 1 aliphatic rings. The van der Waals surface area contributed by atoms with E-state index in [-0.39, 0.29) is 11.5 Å². The van der Waals surface area contributed by atoms with Gasteiger partial charge in [-0.3, -0.25) is 9.59 Å². The highest BCUT2D eigenvalue weighted by atomic mass is 16.2. The van der Waals surface area contributed by atoms with Gasteiger partial charge in [-0.25, -0.2) is 0 Å². The minimum absolute atomic E-state index is 0.0845. The molecule has 0 radical (unpaired) electrons. The zero-order chi connectivity index (χ0) is 13.7. The van der Waals surface area contributed by atoms with Crippen molar-refractivity contribution in [2.24, 2.45) is 5.92 Å². The molecule has 19 heavy (non-hydrogen) atoms. The van der Waals surface area contributed by atoms with Crippen molar-refractivity contribution in [3.05, 3.63) is 34.2 Å². The lowest BCUT2D eigenvalue weighted by Crippen LogP contribution is -2.39. The van der Waals surface area contributed by atoms with Crippen molar-refractivity contribution in [3.63, 3.8) is 0 Å². The number of hydrogen-bond acceptors (Lipinski definition) is 3. The Bertz CT molecular complexity index is 478. The molecule has 104 valence electrons. The Hall–Kier alpha value is -1.62. The molecule has 2 rings (SSSR count).